The molecular weight excluding hydrogens is 322 g/mol. The average Bonchev–Trinajstić information content (AvgIpc) is 2.68. The van der Waals surface area contributed by atoms with Crippen LogP contribution in [-0.4, -0.2) is 30.9 Å². The Balaban J connectivity index is 1.69. The Morgan fingerprint density at radius 3 is 2.35 bits per heavy atom. The van der Waals surface area contributed by atoms with E-state index in [1.807, 2.05) is 49.2 Å². The lowest BCUT2D eigenvalue weighted by molar-refractivity contribution is 0.0712. The molecule has 2 aromatic carbocycles. The molecule has 0 spiro atoms. The monoisotopic (exact) mass is 347 g/mol. The van der Waals surface area contributed by atoms with E-state index in [4.69, 9.17) is 5.26 Å². The van der Waals surface area contributed by atoms with E-state index in [9.17, 15) is 4.79 Å². The van der Waals surface area contributed by atoms with E-state index in [1.54, 1.807) is 0 Å². The second kappa shape index (κ2) is 7.61. The lowest BCUT2D eigenvalue weighted by Crippen LogP contribution is -2.38. The average molecular weight is 347 g/mol. The molecule has 4 nitrogen and oxygen atoms in total. The highest BCUT2D eigenvalue weighted by Gasteiger charge is 2.25. The number of hydrogen-bond acceptors (Lipinski definition) is 3. The van der Waals surface area contributed by atoms with E-state index in [-0.39, 0.29) is 5.91 Å². The van der Waals surface area contributed by atoms with Gasteiger partial charge in [-0.25, -0.2) is 0 Å². The summed E-state index contributed by atoms with van der Waals surface area (Å²) in [5, 5.41) is 12.1. The summed E-state index contributed by atoms with van der Waals surface area (Å²) in [5.74, 6) is 0.580. The summed E-state index contributed by atoms with van der Waals surface area (Å²) in [6.45, 7) is 5.59. The molecule has 1 saturated heterocycles. The largest absolute Gasteiger partial charge is 0.388 e. The molecular formula is C22H25N3O. The highest BCUT2D eigenvalue weighted by atomic mass is 16.2. The maximum atomic E-state index is 13.0. The van der Waals surface area contributed by atoms with Crippen LogP contribution in [0.1, 0.15) is 51.4 Å². The van der Waals surface area contributed by atoms with Crippen molar-refractivity contribution < 1.29 is 4.79 Å². The SMILES string of the molecule is CNc1cc(C(=O)N2CCC(c3ccc(C#N)cc3)CC2)c(C)cc1C. The lowest BCUT2D eigenvalue weighted by atomic mass is 9.88. The van der Waals surface area contributed by atoms with Gasteiger partial charge in [-0.1, -0.05) is 18.2 Å². The first kappa shape index (κ1) is 18.0. The number of likely N-dealkylation sites (tertiary alicyclic amines) is 1. The van der Waals surface area contributed by atoms with Gasteiger partial charge in [0.2, 0.25) is 0 Å². The van der Waals surface area contributed by atoms with E-state index < -0.39 is 0 Å². The number of carbonyl (C=O) groups is 1. The molecule has 0 aliphatic carbocycles. The first-order chi connectivity index (χ1) is 12.5. The molecule has 1 N–H and O–H groups in total. The molecule has 1 amide bonds. The van der Waals surface area contributed by atoms with Gasteiger partial charge in [0.1, 0.15) is 0 Å². The second-order valence-corrected chi connectivity index (χ2v) is 7.03. The minimum absolute atomic E-state index is 0.122. The molecule has 0 atom stereocenters. The Hall–Kier alpha value is -2.80. The predicted octanol–water partition coefficient (Wildman–Crippen LogP) is 4.24. The maximum Gasteiger partial charge on any atom is 0.254 e. The van der Waals surface area contributed by atoms with Gasteiger partial charge in [-0.3, -0.25) is 4.79 Å². The molecule has 134 valence electrons. The van der Waals surface area contributed by atoms with Crippen LogP contribution in [0.2, 0.25) is 0 Å². The van der Waals surface area contributed by atoms with Crippen molar-refractivity contribution in [2.75, 3.05) is 25.5 Å². The number of hydrogen-bond donors (Lipinski definition) is 1. The van der Waals surface area contributed by atoms with Gasteiger partial charge in [0, 0.05) is 31.4 Å². The molecule has 1 aliphatic rings. The zero-order chi connectivity index (χ0) is 18.7. The molecule has 0 aromatic heterocycles. The number of nitrogens with one attached hydrogen (secondary N) is 1. The number of piperidine rings is 1. The molecule has 1 fully saturated rings. The fourth-order valence-electron chi connectivity index (χ4n) is 3.77. The van der Waals surface area contributed by atoms with Crippen molar-refractivity contribution in [3.05, 3.63) is 64.2 Å². The third-order valence-corrected chi connectivity index (χ3v) is 5.36. The molecule has 1 aliphatic heterocycles. The summed E-state index contributed by atoms with van der Waals surface area (Å²) >= 11 is 0. The Morgan fingerprint density at radius 1 is 1.12 bits per heavy atom. The Kier molecular flexibility index (Phi) is 5.27. The van der Waals surface area contributed by atoms with E-state index in [0.29, 0.717) is 11.5 Å². The minimum Gasteiger partial charge on any atom is -0.388 e. The third kappa shape index (κ3) is 3.57. The second-order valence-electron chi connectivity index (χ2n) is 7.03. The number of benzene rings is 2. The van der Waals surface area contributed by atoms with E-state index in [0.717, 1.165) is 48.3 Å². The maximum absolute atomic E-state index is 13.0. The van der Waals surface area contributed by atoms with Gasteiger partial charge in [-0.2, -0.15) is 5.26 Å². The van der Waals surface area contributed by atoms with E-state index >= 15 is 0 Å². The van der Waals surface area contributed by atoms with Gasteiger partial charge >= 0.3 is 0 Å². The molecule has 0 saturated carbocycles. The van der Waals surface area contributed by atoms with Crippen molar-refractivity contribution in [1.82, 2.24) is 4.90 Å². The summed E-state index contributed by atoms with van der Waals surface area (Å²) in [4.78, 5) is 15.0. The van der Waals surface area contributed by atoms with Crippen molar-refractivity contribution in [2.45, 2.75) is 32.6 Å². The number of nitrogens with zero attached hydrogens (tertiary/aromatic N) is 2. The summed E-state index contributed by atoms with van der Waals surface area (Å²) in [6, 6.07) is 14.0. The number of carbonyl (C=O) groups excluding carboxylic acids is 1. The fourth-order valence-corrected chi connectivity index (χ4v) is 3.77. The van der Waals surface area contributed by atoms with Crippen LogP contribution in [0.4, 0.5) is 5.69 Å². The third-order valence-electron chi connectivity index (χ3n) is 5.36. The smallest absolute Gasteiger partial charge is 0.254 e. The lowest BCUT2D eigenvalue weighted by Gasteiger charge is -2.33. The van der Waals surface area contributed by atoms with Crippen LogP contribution in [0, 0.1) is 25.2 Å². The van der Waals surface area contributed by atoms with Crippen LogP contribution in [0.3, 0.4) is 0 Å². The van der Waals surface area contributed by atoms with Crippen LogP contribution < -0.4 is 5.32 Å². The van der Waals surface area contributed by atoms with Crippen LogP contribution in [0.5, 0.6) is 0 Å². The van der Waals surface area contributed by atoms with Crippen LogP contribution >= 0.6 is 0 Å². The predicted molar refractivity (Wildman–Crippen MR) is 104 cm³/mol. The summed E-state index contributed by atoms with van der Waals surface area (Å²) in [5.41, 5.74) is 5.93. The molecule has 0 unspecified atom stereocenters. The van der Waals surface area contributed by atoms with Gasteiger partial charge in [0.05, 0.1) is 11.6 Å². The number of anilines is 1. The summed E-state index contributed by atoms with van der Waals surface area (Å²) in [6.07, 6.45) is 1.92. The van der Waals surface area contributed by atoms with Crippen LogP contribution in [-0.2, 0) is 0 Å². The molecule has 1 heterocycles. The zero-order valence-corrected chi connectivity index (χ0v) is 15.7. The normalized spacial score (nSPS) is 14.8. The highest BCUT2D eigenvalue weighted by molar-refractivity contribution is 5.97. The summed E-state index contributed by atoms with van der Waals surface area (Å²) < 4.78 is 0. The first-order valence-electron chi connectivity index (χ1n) is 9.12. The minimum atomic E-state index is 0.122. The van der Waals surface area contributed by atoms with E-state index in [2.05, 4.69) is 24.4 Å². The molecule has 2 aromatic rings. The molecule has 0 bridgehead atoms. The highest BCUT2D eigenvalue weighted by Crippen LogP contribution is 2.30. The van der Waals surface area contributed by atoms with Crippen LogP contribution in [0.25, 0.3) is 0 Å². The van der Waals surface area contributed by atoms with Crippen molar-refractivity contribution in [2.24, 2.45) is 0 Å². The number of amides is 1. The molecule has 3 rings (SSSR count). The Morgan fingerprint density at radius 2 is 1.77 bits per heavy atom. The molecule has 4 heteroatoms. The Labute approximate surface area is 155 Å². The van der Waals surface area contributed by atoms with Crippen molar-refractivity contribution in [3.8, 4) is 6.07 Å². The fraction of sp³-hybridized carbons (Fsp3) is 0.364. The summed E-state index contributed by atoms with van der Waals surface area (Å²) in [7, 11) is 1.88. The quantitative estimate of drug-likeness (QED) is 0.903. The Bertz CT molecular complexity index is 841. The molecule has 26 heavy (non-hydrogen) atoms. The van der Waals surface area contributed by atoms with Crippen LogP contribution in [0.15, 0.2) is 36.4 Å². The first-order valence-corrected chi connectivity index (χ1v) is 9.12. The standard InChI is InChI=1S/C22H25N3O/c1-15-12-16(2)21(24-3)13-20(15)22(26)25-10-8-19(9-11-25)18-6-4-17(14-23)5-7-18/h4-7,12-13,19,24H,8-11H2,1-3H3. The molecule has 0 radical (unpaired) electrons. The van der Waals surface area contributed by atoms with Crippen molar-refractivity contribution >= 4 is 11.6 Å². The number of aryl methyl sites for hydroxylation is 2. The zero-order valence-electron chi connectivity index (χ0n) is 15.7. The number of rotatable bonds is 3. The van der Waals surface area contributed by atoms with E-state index in [1.165, 1.54) is 5.56 Å². The number of nitriles is 1. The van der Waals surface area contributed by atoms with Gasteiger partial charge in [-0.15, -0.1) is 0 Å². The van der Waals surface area contributed by atoms with Gasteiger partial charge < -0.3 is 10.2 Å². The van der Waals surface area contributed by atoms with Gasteiger partial charge in [0.25, 0.3) is 5.91 Å². The van der Waals surface area contributed by atoms with Crippen molar-refractivity contribution in [1.29, 1.82) is 5.26 Å². The topological polar surface area (TPSA) is 56.1 Å². The van der Waals surface area contributed by atoms with Gasteiger partial charge in [-0.05, 0) is 67.5 Å². The van der Waals surface area contributed by atoms with Crippen molar-refractivity contribution in [3.63, 3.8) is 0 Å². The van der Waals surface area contributed by atoms with Gasteiger partial charge in [0.15, 0.2) is 0 Å².